The normalized spacial score (nSPS) is 15.4. The molecule has 0 aliphatic carbocycles. The number of hydrogen-bond acceptors (Lipinski definition) is 6. The van der Waals surface area contributed by atoms with E-state index in [-0.39, 0.29) is 17.7 Å². The van der Waals surface area contributed by atoms with E-state index in [0.717, 1.165) is 5.56 Å². The van der Waals surface area contributed by atoms with Gasteiger partial charge in [-0.15, -0.1) is 0 Å². The van der Waals surface area contributed by atoms with E-state index in [1.54, 1.807) is 32.0 Å². The van der Waals surface area contributed by atoms with Crippen LogP contribution in [0.3, 0.4) is 0 Å². The molecule has 0 fully saturated rings. The fraction of sp³-hybridized carbons (Fsp3) is 0.625. The third kappa shape index (κ3) is 10.2. The summed E-state index contributed by atoms with van der Waals surface area (Å²) in [6.07, 6.45) is 3.88. The number of rotatable bonds is 15. The van der Waals surface area contributed by atoms with Crippen LogP contribution in [0.15, 0.2) is 42.0 Å². The average molecular weight is 605 g/mol. The van der Waals surface area contributed by atoms with Crippen molar-refractivity contribution >= 4 is 35.5 Å². The Morgan fingerprint density at radius 2 is 1.57 bits per heavy atom. The minimum Gasteiger partial charge on any atom is -0.480 e. The lowest BCUT2D eigenvalue weighted by molar-refractivity contribution is -0.141. The third-order valence-corrected chi connectivity index (χ3v) is 8.30. The van der Waals surface area contributed by atoms with Crippen LogP contribution in [0.25, 0.3) is 0 Å². The minimum absolute atomic E-state index is 0.0631. The van der Waals surface area contributed by atoms with Crippen LogP contribution < -0.4 is 16.0 Å². The summed E-state index contributed by atoms with van der Waals surface area (Å²) in [5, 5.41) is 18.3. The second-order valence-electron chi connectivity index (χ2n) is 12.8. The van der Waals surface area contributed by atoms with E-state index in [1.807, 2.05) is 85.1 Å². The fourth-order valence-corrected chi connectivity index (χ4v) is 5.40. The number of carboxylic acids is 1. The van der Waals surface area contributed by atoms with Gasteiger partial charge in [-0.1, -0.05) is 84.9 Å². The Labute approximate surface area is 256 Å². The smallest absolute Gasteiger partial charge is 0.326 e. The molecule has 9 nitrogen and oxygen atoms in total. The maximum atomic E-state index is 14.0. The largest absolute Gasteiger partial charge is 0.480 e. The molecule has 4 atom stereocenters. The van der Waals surface area contributed by atoms with Crippen molar-refractivity contribution in [2.24, 2.45) is 11.3 Å². The van der Waals surface area contributed by atoms with Gasteiger partial charge < -0.3 is 26.0 Å². The quantitative estimate of drug-likeness (QED) is 0.224. The van der Waals surface area contributed by atoms with Crippen LogP contribution in [0.4, 0.5) is 0 Å². The van der Waals surface area contributed by atoms with E-state index < -0.39 is 46.9 Å². The molecule has 236 valence electrons. The number of nitrogens with zero attached hydrogens (tertiary/aromatic N) is 1. The minimum atomic E-state index is -1.09. The SMILES string of the molecule is CN[C@H](C(=O)N[C@H](C(=O)N(C)[C@H](/C=C(\C)C(=O)N[C@@H](CCSC)C(=O)O)C(C)C)C(C)(C)C)C(C)(C)c1ccccc1. The molecule has 0 unspecified atom stereocenters. The van der Waals surface area contributed by atoms with Gasteiger partial charge in [0.25, 0.3) is 0 Å². The molecule has 0 bridgehead atoms. The number of hydrogen-bond donors (Lipinski definition) is 4. The molecule has 42 heavy (non-hydrogen) atoms. The Morgan fingerprint density at radius 1 is 1.00 bits per heavy atom. The first-order chi connectivity index (χ1) is 19.4. The number of aliphatic carboxylic acids is 1. The van der Waals surface area contributed by atoms with Gasteiger partial charge >= 0.3 is 5.97 Å². The van der Waals surface area contributed by atoms with E-state index in [0.29, 0.717) is 17.7 Å². The van der Waals surface area contributed by atoms with Crippen molar-refractivity contribution in [3.05, 3.63) is 47.5 Å². The Kier molecular flexibility index (Phi) is 14.3. The van der Waals surface area contributed by atoms with Crippen molar-refractivity contribution in [1.82, 2.24) is 20.9 Å². The lowest BCUT2D eigenvalue weighted by atomic mass is 9.76. The highest BCUT2D eigenvalue weighted by molar-refractivity contribution is 7.98. The van der Waals surface area contributed by atoms with E-state index in [2.05, 4.69) is 16.0 Å². The summed E-state index contributed by atoms with van der Waals surface area (Å²) in [4.78, 5) is 53.8. The van der Waals surface area contributed by atoms with Gasteiger partial charge in [0.1, 0.15) is 12.1 Å². The Morgan fingerprint density at radius 3 is 2.02 bits per heavy atom. The molecule has 3 amide bonds. The van der Waals surface area contributed by atoms with Gasteiger partial charge in [-0.25, -0.2) is 4.79 Å². The molecule has 1 aromatic carbocycles. The number of amides is 3. The van der Waals surface area contributed by atoms with Gasteiger partial charge in [-0.05, 0) is 49.3 Å². The second-order valence-corrected chi connectivity index (χ2v) is 13.8. The van der Waals surface area contributed by atoms with Crippen molar-refractivity contribution in [1.29, 1.82) is 0 Å². The lowest BCUT2D eigenvalue weighted by Gasteiger charge is -2.40. The van der Waals surface area contributed by atoms with Crippen molar-refractivity contribution in [2.75, 3.05) is 26.1 Å². The molecular weight excluding hydrogens is 552 g/mol. The molecule has 0 aliphatic heterocycles. The molecule has 0 spiro atoms. The highest BCUT2D eigenvalue weighted by atomic mass is 32.2. The highest BCUT2D eigenvalue weighted by Crippen LogP contribution is 2.29. The molecule has 1 rings (SSSR count). The fourth-order valence-electron chi connectivity index (χ4n) is 4.93. The van der Waals surface area contributed by atoms with Crippen LogP contribution in [0, 0.1) is 11.3 Å². The van der Waals surface area contributed by atoms with Crippen molar-refractivity contribution < 1.29 is 24.3 Å². The first-order valence-corrected chi connectivity index (χ1v) is 15.8. The van der Waals surface area contributed by atoms with Crippen molar-refractivity contribution in [3.8, 4) is 0 Å². The summed E-state index contributed by atoms with van der Waals surface area (Å²) in [5.41, 5.74) is 0.141. The summed E-state index contributed by atoms with van der Waals surface area (Å²) in [6, 6.07) is 6.85. The Hall–Kier alpha value is -2.85. The Balaban J connectivity index is 3.27. The van der Waals surface area contributed by atoms with Gasteiger partial charge in [0.2, 0.25) is 17.7 Å². The number of benzene rings is 1. The molecule has 0 saturated carbocycles. The van der Waals surface area contributed by atoms with Gasteiger partial charge in [0, 0.05) is 18.0 Å². The van der Waals surface area contributed by atoms with Crippen LogP contribution >= 0.6 is 11.8 Å². The first kappa shape index (κ1) is 37.2. The van der Waals surface area contributed by atoms with Crippen LogP contribution in [0.1, 0.15) is 67.4 Å². The van der Waals surface area contributed by atoms with Gasteiger partial charge in [-0.2, -0.15) is 11.8 Å². The molecular formula is C32H52N4O5S. The maximum absolute atomic E-state index is 14.0. The molecule has 0 aliphatic rings. The number of thioether (sulfide) groups is 1. The highest BCUT2D eigenvalue weighted by Gasteiger charge is 2.41. The molecule has 0 aromatic heterocycles. The number of nitrogens with one attached hydrogen (secondary N) is 3. The van der Waals surface area contributed by atoms with E-state index in [9.17, 15) is 24.3 Å². The second kappa shape index (κ2) is 16.1. The van der Waals surface area contributed by atoms with Crippen LogP contribution in [0.5, 0.6) is 0 Å². The van der Waals surface area contributed by atoms with Crippen molar-refractivity contribution in [3.63, 3.8) is 0 Å². The summed E-state index contributed by atoms with van der Waals surface area (Å²) < 4.78 is 0. The average Bonchev–Trinajstić information content (AvgIpc) is 2.91. The molecule has 0 heterocycles. The van der Waals surface area contributed by atoms with E-state index >= 15 is 0 Å². The number of carboxylic acid groups (broad SMARTS) is 1. The third-order valence-electron chi connectivity index (χ3n) is 7.66. The van der Waals surface area contributed by atoms with Crippen LogP contribution in [-0.2, 0) is 24.6 Å². The van der Waals surface area contributed by atoms with E-state index in [4.69, 9.17) is 0 Å². The van der Waals surface area contributed by atoms with Gasteiger partial charge in [0.15, 0.2) is 0 Å². The number of likely N-dealkylation sites (N-methyl/N-ethyl adjacent to an activating group) is 2. The van der Waals surface area contributed by atoms with E-state index in [1.165, 1.54) is 11.8 Å². The summed E-state index contributed by atoms with van der Waals surface area (Å²) in [5.74, 6) is -1.61. The maximum Gasteiger partial charge on any atom is 0.326 e. The summed E-state index contributed by atoms with van der Waals surface area (Å²) >= 11 is 1.51. The predicted octanol–water partition coefficient (Wildman–Crippen LogP) is 3.83. The molecule has 0 saturated heterocycles. The number of carbonyl (C=O) groups is 4. The lowest BCUT2D eigenvalue weighted by Crippen LogP contribution is -2.61. The first-order valence-electron chi connectivity index (χ1n) is 14.4. The summed E-state index contributed by atoms with van der Waals surface area (Å²) in [7, 11) is 3.40. The Bertz CT molecular complexity index is 1100. The van der Waals surface area contributed by atoms with Crippen LogP contribution in [0.2, 0.25) is 0 Å². The van der Waals surface area contributed by atoms with Crippen LogP contribution in [-0.4, -0.2) is 84.0 Å². The molecule has 1 aromatic rings. The molecule has 4 N–H and O–H groups in total. The van der Waals surface area contributed by atoms with Gasteiger partial charge in [-0.3, -0.25) is 14.4 Å². The topological polar surface area (TPSA) is 128 Å². The zero-order chi connectivity index (χ0) is 32.4. The molecule has 10 heteroatoms. The zero-order valence-electron chi connectivity index (χ0n) is 27.2. The molecule has 0 radical (unpaired) electrons. The van der Waals surface area contributed by atoms with Gasteiger partial charge in [0.05, 0.1) is 12.1 Å². The van der Waals surface area contributed by atoms with Crippen molar-refractivity contribution in [2.45, 2.75) is 91.4 Å². The standard InChI is InChI=1S/C32H52N4O5S/c1-20(2)24(19-21(3)27(37)34-23(30(40)41)17-18-42-11)36(10)29(39)26(31(4,5)6)35-28(38)25(33-9)32(7,8)22-15-13-12-14-16-22/h12-16,19-20,23-26,33H,17-18H2,1-11H3,(H,34,37)(H,35,38)(H,40,41)/b21-19+/t23-,24+,25+,26+/m0/s1. The number of carbonyl (C=O) groups excluding carboxylic acids is 3. The monoisotopic (exact) mass is 604 g/mol. The summed E-state index contributed by atoms with van der Waals surface area (Å²) in [6.45, 7) is 15.2. The zero-order valence-corrected chi connectivity index (χ0v) is 28.0. The predicted molar refractivity (Wildman–Crippen MR) is 171 cm³/mol.